The molecule has 8 nitrogen and oxygen atoms in total. The molecule has 42 heavy (non-hydrogen) atoms. The Morgan fingerprint density at radius 2 is 1.62 bits per heavy atom. The predicted molar refractivity (Wildman–Crippen MR) is 158 cm³/mol. The molecule has 3 aromatic carbocycles. The number of hydrogen-bond acceptors (Lipinski definition) is 5. The number of amides is 4. The fraction of sp³-hybridized carbons (Fsp3) is 0.333. The lowest BCUT2D eigenvalue weighted by atomic mass is 9.98. The van der Waals surface area contributed by atoms with Crippen molar-refractivity contribution in [3.05, 3.63) is 94.0 Å². The highest BCUT2D eigenvalue weighted by Gasteiger charge is 2.42. The molecule has 0 radical (unpaired) electrons. The molecule has 3 unspecified atom stereocenters. The Labute approximate surface area is 249 Å². The van der Waals surface area contributed by atoms with E-state index in [-0.39, 0.29) is 42.8 Å². The van der Waals surface area contributed by atoms with E-state index in [4.69, 9.17) is 11.6 Å². The molecule has 2 bridgehead atoms. The number of piperazine rings is 1. The van der Waals surface area contributed by atoms with Gasteiger partial charge in [0.2, 0.25) is 11.8 Å². The zero-order valence-electron chi connectivity index (χ0n) is 23.1. The summed E-state index contributed by atoms with van der Waals surface area (Å²) in [6.45, 7) is 2.41. The van der Waals surface area contributed by atoms with E-state index in [1.807, 2.05) is 17.0 Å². The average Bonchev–Trinajstić information content (AvgIpc) is 3.42. The van der Waals surface area contributed by atoms with Gasteiger partial charge in [0.25, 0.3) is 11.8 Å². The summed E-state index contributed by atoms with van der Waals surface area (Å²) < 4.78 is 0. The van der Waals surface area contributed by atoms with E-state index >= 15 is 0 Å². The summed E-state index contributed by atoms with van der Waals surface area (Å²) >= 11 is 6.12. The zero-order valence-corrected chi connectivity index (χ0v) is 23.8. The van der Waals surface area contributed by atoms with Crippen molar-refractivity contribution in [3.8, 4) is 11.1 Å². The Morgan fingerprint density at radius 3 is 2.36 bits per heavy atom. The minimum absolute atomic E-state index is 0.0252. The predicted octanol–water partition coefficient (Wildman–Crippen LogP) is 4.26. The van der Waals surface area contributed by atoms with Crippen molar-refractivity contribution in [2.75, 3.05) is 13.1 Å². The number of piperidine rings is 1. The lowest BCUT2D eigenvalue weighted by molar-refractivity contribution is -0.136. The maximum Gasteiger partial charge on any atom is 0.255 e. The number of halogens is 1. The topological polar surface area (TPSA) is 90.0 Å². The number of benzene rings is 3. The summed E-state index contributed by atoms with van der Waals surface area (Å²) in [5.41, 5.74) is 5.43. The molecule has 9 heteroatoms. The third-order valence-corrected chi connectivity index (χ3v) is 9.47. The van der Waals surface area contributed by atoms with Gasteiger partial charge >= 0.3 is 0 Å². The molecule has 3 aromatic rings. The molecule has 4 aliphatic rings. The van der Waals surface area contributed by atoms with Crippen LogP contribution >= 0.6 is 11.6 Å². The summed E-state index contributed by atoms with van der Waals surface area (Å²) in [7, 11) is 0. The van der Waals surface area contributed by atoms with Crippen molar-refractivity contribution in [1.82, 2.24) is 20.0 Å². The van der Waals surface area contributed by atoms with Gasteiger partial charge in [-0.2, -0.15) is 0 Å². The standard InChI is InChI=1S/C33H31ClN4O4/c34-24-8-5-20(6-9-24)27-4-2-1-3-22(27)16-37-25-10-11-26(37)19-36(18-25)32(41)21-7-12-28-23(15-21)17-38(33(28)42)29-13-14-30(39)35-31(29)40/h1-9,12,15,25-26,29H,10-11,13-14,16-19H2,(H,35,39,40). The normalized spacial score (nSPS) is 23.7. The van der Waals surface area contributed by atoms with E-state index in [9.17, 15) is 19.2 Å². The van der Waals surface area contributed by atoms with Crippen LogP contribution in [0.25, 0.3) is 11.1 Å². The first kappa shape index (κ1) is 26.9. The van der Waals surface area contributed by atoms with Gasteiger partial charge < -0.3 is 9.80 Å². The van der Waals surface area contributed by atoms with E-state index in [2.05, 4.69) is 46.6 Å². The van der Waals surface area contributed by atoms with Crippen molar-refractivity contribution in [2.45, 2.75) is 56.9 Å². The summed E-state index contributed by atoms with van der Waals surface area (Å²) in [6, 6.07) is 21.6. The molecule has 7 rings (SSSR count). The maximum absolute atomic E-state index is 13.7. The third kappa shape index (κ3) is 4.78. The van der Waals surface area contributed by atoms with Crippen LogP contribution in [0, 0.1) is 0 Å². The minimum atomic E-state index is -0.671. The van der Waals surface area contributed by atoms with E-state index in [1.165, 1.54) is 16.0 Å². The molecule has 0 saturated carbocycles. The number of nitrogens with zero attached hydrogens (tertiary/aromatic N) is 3. The second kappa shape index (κ2) is 10.7. The molecule has 0 aliphatic carbocycles. The monoisotopic (exact) mass is 582 g/mol. The van der Waals surface area contributed by atoms with Crippen LogP contribution in [0.15, 0.2) is 66.7 Å². The summed E-state index contributed by atoms with van der Waals surface area (Å²) in [6.07, 6.45) is 2.63. The number of rotatable bonds is 5. The number of carbonyl (C=O) groups excluding carboxylic acids is 4. The van der Waals surface area contributed by atoms with Gasteiger partial charge in [0.15, 0.2) is 0 Å². The number of likely N-dealkylation sites (tertiary alicyclic amines) is 1. The van der Waals surface area contributed by atoms with E-state index in [0.29, 0.717) is 30.6 Å². The summed E-state index contributed by atoms with van der Waals surface area (Å²) in [5, 5.41) is 3.05. The second-order valence-electron chi connectivity index (χ2n) is 11.7. The number of imide groups is 1. The van der Waals surface area contributed by atoms with Crippen LogP contribution in [0.3, 0.4) is 0 Å². The Bertz CT molecular complexity index is 1590. The van der Waals surface area contributed by atoms with Crippen molar-refractivity contribution in [2.24, 2.45) is 0 Å². The molecule has 4 amide bonds. The Balaban J connectivity index is 1.05. The SMILES string of the molecule is O=C1CCC(N2Cc3cc(C(=O)N4CC5CCC(C4)N5Cc4ccccc4-c4ccc(Cl)cc4)ccc3C2=O)C(=O)N1. The Hall–Kier alpha value is -4.01. The van der Waals surface area contributed by atoms with Crippen molar-refractivity contribution < 1.29 is 19.2 Å². The largest absolute Gasteiger partial charge is 0.336 e. The number of nitrogens with one attached hydrogen (secondary N) is 1. The number of hydrogen-bond donors (Lipinski definition) is 1. The fourth-order valence-corrected chi connectivity index (χ4v) is 7.20. The first-order valence-electron chi connectivity index (χ1n) is 14.5. The van der Waals surface area contributed by atoms with E-state index in [1.54, 1.807) is 18.2 Å². The molecule has 3 fully saturated rings. The lowest BCUT2D eigenvalue weighted by Gasteiger charge is -2.41. The lowest BCUT2D eigenvalue weighted by Crippen LogP contribution is -2.54. The van der Waals surface area contributed by atoms with Gasteiger partial charge in [0.05, 0.1) is 0 Å². The van der Waals surface area contributed by atoms with E-state index < -0.39 is 11.9 Å². The summed E-state index contributed by atoms with van der Waals surface area (Å²) in [4.78, 5) is 56.7. The van der Waals surface area contributed by atoms with Crippen LogP contribution in [0.2, 0.25) is 5.02 Å². The molecule has 3 atom stereocenters. The highest BCUT2D eigenvalue weighted by Crippen LogP contribution is 2.35. The van der Waals surface area contributed by atoms with Crippen molar-refractivity contribution in [3.63, 3.8) is 0 Å². The first-order valence-corrected chi connectivity index (χ1v) is 14.9. The van der Waals surface area contributed by atoms with Crippen LogP contribution < -0.4 is 5.32 Å². The van der Waals surface area contributed by atoms with Crippen LogP contribution in [-0.2, 0) is 22.7 Å². The maximum atomic E-state index is 13.7. The molecule has 0 aromatic heterocycles. The van der Waals surface area contributed by atoms with Crippen LogP contribution in [0.5, 0.6) is 0 Å². The molecule has 4 aliphatic heterocycles. The highest BCUT2D eigenvalue weighted by atomic mass is 35.5. The smallest absolute Gasteiger partial charge is 0.255 e. The van der Waals surface area contributed by atoms with Crippen LogP contribution in [0.4, 0.5) is 0 Å². The highest BCUT2D eigenvalue weighted by molar-refractivity contribution is 6.30. The van der Waals surface area contributed by atoms with Crippen LogP contribution in [-0.4, -0.2) is 69.5 Å². The summed E-state index contributed by atoms with van der Waals surface area (Å²) in [5.74, 6) is -1.01. The molecule has 3 saturated heterocycles. The second-order valence-corrected chi connectivity index (χ2v) is 12.1. The van der Waals surface area contributed by atoms with Gasteiger partial charge in [-0.3, -0.25) is 29.4 Å². The van der Waals surface area contributed by atoms with Gasteiger partial charge in [-0.15, -0.1) is 0 Å². The van der Waals surface area contributed by atoms with Gasteiger partial charge in [-0.05, 0) is 71.8 Å². The van der Waals surface area contributed by atoms with Gasteiger partial charge in [-0.25, -0.2) is 0 Å². The molecule has 0 spiro atoms. The molecule has 1 N–H and O–H groups in total. The minimum Gasteiger partial charge on any atom is -0.336 e. The van der Waals surface area contributed by atoms with E-state index in [0.717, 1.165) is 35.5 Å². The quantitative estimate of drug-likeness (QED) is 0.454. The average molecular weight is 583 g/mol. The molecular weight excluding hydrogens is 552 g/mol. The third-order valence-electron chi connectivity index (χ3n) is 9.22. The number of fused-ring (bicyclic) bond motifs is 3. The van der Waals surface area contributed by atoms with Crippen molar-refractivity contribution in [1.29, 1.82) is 0 Å². The fourth-order valence-electron chi connectivity index (χ4n) is 7.07. The first-order chi connectivity index (χ1) is 20.4. The molecule has 4 heterocycles. The Kier molecular flexibility index (Phi) is 6.83. The number of carbonyl (C=O) groups is 4. The zero-order chi connectivity index (χ0) is 29.0. The Morgan fingerprint density at radius 1 is 0.881 bits per heavy atom. The molecule has 214 valence electrons. The van der Waals surface area contributed by atoms with Gasteiger partial charge in [0, 0.05) is 60.8 Å². The van der Waals surface area contributed by atoms with Gasteiger partial charge in [0.1, 0.15) is 6.04 Å². The van der Waals surface area contributed by atoms with Gasteiger partial charge in [-0.1, -0.05) is 48.0 Å². The van der Waals surface area contributed by atoms with Crippen molar-refractivity contribution >= 4 is 35.2 Å². The molecular formula is C33H31ClN4O4. The van der Waals surface area contributed by atoms with Crippen LogP contribution in [0.1, 0.15) is 57.5 Å².